The molecule has 0 heterocycles. The number of ether oxygens (including phenoxy) is 1. The van der Waals surface area contributed by atoms with Crippen molar-refractivity contribution in [3.63, 3.8) is 0 Å². The van der Waals surface area contributed by atoms with Crippen LogP contribution in [0.1, 0.15) is 23.1 Å². The van der Waals surface area contributed by atoms with Gasteiger partial charge in [-0.25, -0.2) is 0 Å². The van der Waals surface area contributed by atoms with Crippen molar-refractivity contribution in [2.24, 2.45) is 0 Å². The Bertz CT molecular complexity index is 574. The Kier molecular flexibility index (Phi) is 5.44. The highest BCUT2D eigenvalue weighted by atomic mass is 19.4. The number of aryl methyl sites for hydroxylation is 1. The van der Waals surface area contributed by atoms with E-state index in [4.69, 9.17) is 9.84 Å². The van der Waals surface area contributed by atoms with Gasteiger partial charge in [0.1, 0.15) is 12.4 Å². The summed E-state index contributed by atoms with van der Waals surface area (Å²) in [6.45, 7) is 0.375. The fourth-order valence-corrected chi connectivity index (χ4v) is 1.99. The van der Waals surface area contributed by atoms with Gasteiger partial charge in [0.15, 0.2) is 0 Å². The summed E-state index contributed by atoms with van der Waals surface area (Å²) in [7, 11) is 0. The number of hydrogen-bond donors (Lipinski definition) is 1. The van der Waals surface area contributed by atoms with Crippen molar-refractivity contribution >= 4 is 0 Å². The Balaban J connectivity index is 1.90. The molecule has 2 aromatic rings. The van der Waals surface area contributed by atoms with E-state index in [2.05, 4.69) is 0 Å². The second-order valence-corrected chi connectivity index (χ2v) is 4.95. The summed E-state index contributed by atoms with van der Waals surface area (Å²) in [5.74, 6) is 0.660. The predicted molar refractivity (Wildman–Crippen MR) is 77.6 cm³/mol. The van der Waals surface area contributed by atoms with Gasteiger partial charge in [0, 0.05) is 6.61 Å². The molecule has 0 aliphatic rings. The van der Waals surface area contributed by atoms with E-state index in [-0.39, 0.29) is 13.2 Å². The molecule has 5 heteroatoms. The lowest BCUT2D eigenvalue weighted by Crippen LogP contribution is -2.05. The minimum atomic E-state index is -4.32. The monoisotopic (exact) mass is 310 g/mol. The molecule has 0 amide bonds. The third kappa shape index (κ3) is 4.77. The van der Waals surface area contributed by atoms with Crippen molar-refractivity contribution in [2.45, 2.75) is 25.6 Å². The summed E-state index contributed by atoms with van der Waals surface area (Å²) in [6.07, 6.45) is -2.80. The molecule has 2 nitrogen and oxygen atoms in total. The van der Waals surface area contributed by atoms with Crippen LogP contribution in [0.2, 0.25) is 0 Å². The van der Waals surface area contributed by atoms with E-state index >= 15 is 0 Å². The lowest BCUT2D eigenvalue weighted by Gasteiger charge is -2.09. The molecule has 22 heavy (non-hydrogen) atoms. The molecule has 0 atom stereocenters. The number of hydrogen-bond acceptors (Lipinski definition) is 2. The van der Waals surface area contributed by atoms with Gasteiger partial charge in [0.05, 0.1) is 5.56 Å². The van der Waals surface area contributed by atoms with Crippen LogP contribution in [0.3, 0.4) is 0 Å². The highest BCUT2D eigenvalue weighted by Crippen LogP contribution is 2.29. The zero-order chi connectivity index (χ0) is 16.0. The Hall–Kier alpha value is -2.01. The van der Waals surface area contributed by atoms with Crippen LogP contribution < -0.4 is 4.74 Å². The summed E-state index contributed by atoms with van der Waals surface area (Å²) in [5, 5.41) is 8.77. The standard InChI is InChI=1S/C17H17F3O2/c18-17(19,20)15-7-3-14(4-8-15)12-22-16-9-5-13(6-10-16)2-1-11-21/h3-10,21H,1-2,11-12H2. The molecule has 1 N–H and O–H groups in total. The van der Waals surface area contributed by atoms with Gasteiger partial charge in [-0.2, -0.15) is 13.2 Å². The number of halogens is 3. The van der Waals surface area contributed by atoms with Gasteiger partial charge in [0.2, 0.25) is 0 Å². The fourth-order valence-electron chi connectivity index (χ4n) is 1.99. The summed E-state index contributed by atoms with van der Waals surface area (Å²) in [6, 6.07) is 12.4. The first-order valence-corrected chi connectivity index (χ1v) is 6.98. The maximum Gasteiger partial charge on any atom is 0.416 e. The Morgan fingerprint density at radius 1 is 0.864 bits per heavy atom. The van der Waals surface area contributed by atoms with E-state index in [0.29, 0.717) is 17.7 Å². The Morgan fingerprint density at radius 3 is 2.00 bits per heavy atom. The van der Waals surface area contributed by atoms with Gasteiger partial charge >= 0.3 is 6.18 Å². The van der Waals surface area contributed by atoms with Crippen LogP contribution in [0.15, 0.2) is 48.5 Å². The van der Waals surface area contributed by atoms with E-state index in [1.165, 1.54) is 12.1 Å². The van der Waals surface area contributed by atoms with Crippen LogP contribution in [0.4, 0.5) is 13.2 Å². The first-order chi connectivity index (χ1) is 10.5. The highest BCUT2D eigenvalue weighted by Gasteiger charge is 2.29. The molecule has 0 unspecified atom stereocenters. The summed E-state index contributed by atoms with van der Waals surface area (Å²) in [4.78, 5) is 0. The van der Waals surface area contributed by atoms with Crippen LogP contribution in [-0.2, 0) is 19.2 Å². The van der Waals surface area contributed by atoms with Crippen LogP contribution >= 0.6 is 0 Å². The van der Waals surface area contributed by atoms with Crippen molar-refractivity contribution in [3.05, 3.63) is 65.2 Å². The van der Waals surface area contributed by atoms with Crippen molar-refractivity contribution in [1.29, 1.82) is 0 Å². The first kappa shape index (κ1) is 16.4. The van der Waals surface area contributed by atoms with Crippen molar-refractivity contribution < 1.29 is 23.0 Å². The third-order valence-corrected chi connectivity index (χ3v) is 3.23. The van der Waals surface area contributed by atoms with Gasteiger partial charge in [0.25, 0.3) is 0 Å². The topological polar surface area (TPSA) is 29.5 Å². The first-order valence-electron chi connectivity index (χ1n) is 6.98. The van der Waals surface area contributed by atoms with Crippen LogP contribution in [-0.4, -0.2) is 11.7 Å². The second-order valence-electron chi connectivity index (χ2n) is 4.95. The zero-order valence-electron chi connectivity index (χ0n) is 11.9. The van der Waals surface area contributed by atoms with Crippen molar-refractivity contribution in [1.82, 2.24) is 0 Å². The normalized spacial score (nSPS) is 11.5. The molecule has 0 saturated heterocycles. The van der Waals surface area contributed by atoms with Gasteiger partial charge in [-0.1, -0.05) is 24.3 Å². The highest BCUT2D eigenvalue weighted by molar-refractivity contribution is 5.28. The minimum Gasteiger partial charge on any atom is -0.489 e. The molecule has 0 aromatic heterocycles. The van der Waals surface area contributed by atoms with Gasteiger partial charge in [-0.3, -0.25) is 0 Å². The number of alkyl halides is 3. The van der Waals surface area contributed by atoms with Gasteiger partial charge in [-0.05, 0) is 48.2 Å². The molecule has 0 saturated carbocycles. The Labute approximate surface area is 127 Å². The van der Waals surface area contributed by atoms with Crippen LogP contribution in [0, 0.1) is 0 Å². The molecular weight excluding hydrogens is 293 g/mol. The number of aliphatic hydroxyl groups is 1. The number of rotatable bonds is 6. The summed E-state index contributed by atoms with van der Waals surface area (Å²) in [5.41, 5.74) is 1.12. The van der Waals surface area contributed by atoms with Gasteiger partial charge < -0.3 is 9.84 Å². The largest absolute Gasteiger partial charge is 0.489 e. The maximum atomic E-state index is 12.4. The fraction of sp³-hybridized carbons (Fsp3) is 0.294. The molecule has 0 bridgehead atoms. The van der Waals surface area contributed by atoms with E-state index in [1.54, 1.807) is 0 Å². The average molecular weight is 310 g/mol. The number of benzene rings is 2. The second kappa shape index (κ2) is 7.31. The summed E-state index contributed by atoms with van der Waals surface area (Å²) < 4.78 is 42.9. The molecule has 0 aliphatic heterocycles. The van der Waals surface area contributed by atoms with Crippen LogP contribution in [0.25, 0.3) is 0 Å². The predicted octanol–water partition coefficient (Wildman–Crippen LogP) is 4.21. The molecule has 0 aliphatic carbocycles. The molecule has 0 spiro atoms. The molecule has 2 rings (SSSR count). The number of aliphatic hydroxyl groups excluding tert-OH is 1. The van der Waals surface area contributed by atoms with E-state index in [1.807, 2.05) is 24.3 Å². The lowest BCUT2D eigenvalue weighted by atomic mass is 10.1. The molecule has 0 radical (unpaired) electrons. The summed E-state index contributed by atoms with van der Waals surface area (Å²) >= 11 is 0. The molecule has 0 fully saturated rings. The SMILES string of the molecule is OCCCc1ccc(OCc2ccc(C(F)(F)F)cc2)cc1. The lowest BCUT2D eigenvalue weighted by molar-refractivity contribution is -0.137. The molecule has 118 valence electrons. The molecular formula is C17H17F3O2. The van der Waals surface area contributed by atoms with Crippen LogP contribution in [0.5, 0.6) is 5.75 Å². The quantitative estimate of drug-likeness (QED) is 0.866. The van der Waals surface area contributed by atoms with Gasteiger partial charge in [-0.15, -0.1) is 0 Å². The average Bonchev–Trinajstić information content (AvgIpc) is 2.51. The van der Waals surface area contributed by atoms with Crippen molar-refractivity contribution in [2.75, 3.05) is 6.61 Å². The minimum absolute atomic E-state index is 0.159. The smallest absolute Gasteiger partial charge is 0.416 e. The maximum absolute atomic E-state index is 12.4. The molecule has 2 aromatic carbocycles. The van der Waals surface area contributed by atoms with E-state index < -0.39 is 11.7 Å². The zero-order valence-corrected chi connectivity index (χ0v) is 11.9. The van der Waals surface area contributed by atoms with Crippen molar-refractivity contribution in [3.8, 4) is 5.75 Å². The Morgan fingerprint density at radius 2 is 1.45 bits per heavy atom. The van der Waals surface area contributed by atoms with E-state index in [0.717, 1.165) is 24.1 Å². The third-order valence-electron chi connectivity index (χ3n) is 3.23. The van der Waals surface area contributed by atoms with E-state index in [9.17, 15) is 13.2 Å².